The third kappa shape index (κ3) is 1.74. The summed E-state index contributed by atoms with van der Waals surface area (Å²) in [6.45, 7) is 2.16. The van der Waals surface area contributed by atoms with Crippen LogP contribution in [0.5, 0.6) is 0 Å². The molecule has 2 aromatic rings. The van der Waals surface area contributed by atoms with Crippen LogP contribution in [0.4, 0.5) is 0 Å². The van der Waals surface area contributed by atoms with Gasteiger partial charge >= 0.3 is 0 Å². The average molecular weight is 292 g/mol. The Kier molecular flexibility index (Phi) is 2.78. The summed E-state index contributed by atoms with van der Waals surface area (Å²) in [6, 6.07) is 6.81. The first-order valence-corrected chi connectivity index (χ1v) is 7.22. The number of hydrogen-bond acceptors (Lipinski definition) is 0. The van der Waals surface area contributed by atoms with E-state index in [0.29, 0.717) is 0 Å². The van der Waals surface area contributed by atoms with Crippen molar-refractivity contribution in [2.45, 2.75) is 38.5 Å². The highest BCUT2D eigenvalue weighted by Gasteiger charge is 2.24. The Labute approximate surface area is 111 Å². The molecule has 0 saturated heterocycles. The maximum atomic E-state index is 3.79. The van der Waals surface area contributed by atoms with Gasteiger partial charge in [-0.25, -0.2) is 0 Å². The fourth-order valence-corrected chi connectivity index (χ4v) is 3.88. The van der Waals surface area contributed by atoms with Crippen molar-refractivity contribution >= 4 is 26.8 Å². The van der Waals surface area contributed by atoms with Crippen LogP contribution in [0.15, 0.2) is 22.8 Å². The molecule has 0 amide bonds. The van der Waals surface area contributed by atoms with Crippen LogP contribution in [-0.2, 0) is 7.05 Å². The lowest BCUT2D eigenvalue weighted by Gasteiger charge is -2.09. The van der Waals surface area contributed by atoms with Crippen molar-refractivity contribution in [3.63, 3.8) is 0 Å². The van der Waals surface area contributed by atoms with Crippen LogP contribution in [0.3, 0.4) is 0 Å². The Morgan fingerprint density at radius 1 is 1.24 bits per heavy atom. The molecule has 17 heavy (non-hydrogen) atoms. The summed E-state index contributed by atoms with van der Waals surface area (Å²) in [6.07, 6.45) is 5.48. The van der Waals surface area contributed by atoms with Crippen molar-refractivity contribution in [3.8, 4) is 0 Å². The lowest BCUT2D eigenvalue weighted by molar-refractivity contribution is 0.718. The first-order valence-electron chi connectivity index (χ1n) is 6.43. The van der Waals surface area contributed by atoms with Crippen LogP contribution in [0.1, 0.15) is 42.7 Å². The van der Waals surface area contributed by atoms with Crippen molar-refractivity contribution in [2.24, 2.45) is 7.05 Å². The van der Waals surface area contributed by atoms with Gasteiger partial charge < -0.3 is 4.57 Å². The van der Waals surface area contributed by atoms with Crippen molar-refractivity contribution in [1.29, 1.82) is 0 Å². The lowest BCUT2D eigenvalue weighted by Crippen LogP contribution is -1.93. The van der Waals surface area contributed by atoms with Crippen molar-refractivity contribution in [1.82, 2.24) is 4.57 Å². The summed E-state index contributed by atoms with van der Waals surface area (Å²) in [4.78, 5) is 0. The molecule has 3 rings (SSSR count). The molecule has 1 aliphatic carbocycles. The second-order valence-corrected chi connectivity index (χ2v) is 6.02. The highest BCUT2D eigenvalue weighted by Crippen LogP contribution is 2.42. The monoisotopic (exact) mass is 291 g/mol. The average Bonchev–Trinajstić information content (AvgIpc) is 2.90. The highest BCUT2D eigenvalue weighted by molar-refractivity contribution is 9.10. The van der Waals surface area contributed by atoms with E-state index in [9.17, 15) is 0 Å². The third-order valence-electron chi connectivity index (χ3n) is 4.08. The Bertz CT molecular complexity index is 562. The zero-order valence-electron chi connectivity index (χ0n) is 10.5. The Balaban J connectivity index is 2.26. The fraction of sp³-hybridized carbons (Fsp3) is 0.467. The lowest BCUT2D eigenvalue weighted by atomic mass is 9.97. The molecule has 2 heteroatoms. The zero-order chi connectivity index (χ0) is 12.0. The number of halogens is 1. The predicted octanol–water partition coefficient (Wildman–Crippen LogP) is 4.91. The molecule has 1 saturated carbocycles. The molecule has 1 nitrogen and oxygen atoms in total. The van der Waals surface area contributed by atoms with E-state index < -0.39 is 0 Å². The molecular formula is C15H18BrN. The van der Waals surface area contributed by atoms with Gasteiger partial charge in [-0.1, -0.05) is 25.0 Å². The number of aromatic nitrogens is 1. The van der Waals surface area contributed by atoms with Crippen molar-refractivity contribution in [2.75, 3.05) is 0 Å². The van der Waals surface area contributed by atoms with Gasteiger partial charge in [0, 0.05) is 18.0 Å². The molecular weight excluding hydrogens is 274 g/mol. The molecule has 0 N–H and O–H groups in total. The van der Waals surface area contributed by atoms with Gasteiger partial charge in [-0.3, -0.25) is 0 Å². The topological polar surface area (TPSA) is 4.93 Å². The van der Waals surface area contributed by atoms with Gasteiger partial charge in [0.05, 0.1) is 4.60 Å². The summed E-state index contributed by atoms with van der Waals surface area (Å²) in [5.41, 5.74) is 4.24. The van der Waals surface area contributed by atoms with E-state index in [1.807, 2.05) is 0 Å². The van der Waals surface area contributed by atoms with Gasteiger partial charge in [-0.15, -0.1) is 0 Å². The largest absolute Gasteiger partial charge is 0.338 e. The second-order valence-electron chi connectivity index (χ2n) is 5.27. The molecule has 1 aromatic heterocycles. The number of fused-ring (bicyclic) bond motifs is 1. The summed E-state index contributed by atoms with van der Waals surface area (Å²) >= 11 is 3.79. The zero-order valence-corrected chi connectivity index (χ0v) is 12.0. The van der Waals surface area contributed by atoms with Gasteiger partial charge in [0.25, 0.3) is 0 Å². The SMILES string of the molecule is Cc1ccc2c(C3CCCC3)c(Br)n(C)c2c1. The van der Waals surface area contributed by atoms with Gasteiger partial charge in [-0.05, 0) is 58.8 Å². The number of rotatable bonds is 1. The molecule has 0 aliphatic heterocycles. The van der Waals surface area contributed by atoms with Crippen molar-refractivity contribution in [3.05, 3.63) is 33.9 Å². The van der Waals surface area contributed by atoms with Gasteiger partial charge in [0.2, 0.25) is 0 Å². The first-order chi connectivity index (χ1) is 8.18. The molecule has 0 unspecified atom stereocenters. The van der Waals surface area contributed by atoms with E-state index in [0.717, 1.165) is 5.92 Å². The summed E-state index contributed by atoms with van der Waals surface area (Å²) in [5, 5.41) is 1.44. The quantitative estimate of drug-likeness (QED) is 0.704. The normalized spacial score (nSPS) is 17.1. The number of benzene rings is 1. The summed E-state index contributed by atoms with van der Waals surface area (Å²) < 4.78 is 3.57. The maximum absolute atomic E-state index is 3.79. The first kappa shape index (κ1) is 11.3. The van der Waals surface area contributed by atoms with Crippen LogP contribution in [0.25, 0.3) is 10.9 Å². The maximum Gasteiger partial charge on any atom is 0.0890 e. The second kappa shape index (κ2) is 4.16. The van der Waals surface area contributed by atoms with Gasteiger partial charge in [0.15, 0.2) is 0 Å². The minimum absolute atomic E-state index is 0.760. The van der Waals surface area contributed by atoms with Gasteiger partial charge in [0.1, 0.15) is 0 Å². The minimum atomic E-state index is 0.760. The van der Waals surface area contributed by atoms with E-state index >= 15 is 0 Å². The van der Waals surface area contributed by atoms with Gasteiger partial charge in [-0.2, -0.15) is 0 Å². The Hall–Kier alpha value is -0.760. The standard InChI is InChI=1S/C15H18BrN/c1-10-7-8-12-13(9-10)17(2)15(16)14(12)11-5-3-4-6-11/h7-9,11H,3-6H2,1-2H3. The Morgan fingerprint density at radius 2 is 1.94 bits per heavy atom. The molecule has 1 aromatic carbocycles. The predicted molar refractivity (Wildman–Crippen MR) is 76.6 cm³/mol. The number of hydrogen-bond donors (Lipinski definition) is 0. The number of nitrogens with zero attached hydrogens (tertiary/aromatic N) is 1. The van der Waals surface area contributed by atoms with Crippen LogP contribution >= 0.6 is 15.9 Å². The van der Waals surface area contributed by atoms with Crippen molar-refractivity contribution < 1.29 is 0 Å². The van der Waals surface area contributed by atoms with Crippen LogP contribution < -0.4 is 0 Å². The van der Waals surface area contributed by atoms with Crippen LogP contribution in [0.2, 0.25) is 0 Å². The number of aryl methyl sites for hydroxylation is 2. The molecule has 90 valence electrons. The molecule has 1 heterocycles. The fourth-order valence-electron chi connectivity index (χ4n) is 3.15. The van der Waals surface area contributed by atoms with Crippen LogP contribution in [-0.4, -0.2) is 4.57 Å². The third-order valence-corrected chi connectivity index (χ3v) is 5.04. The van der Waals surface area contributed by atoms with E-state index in [-0.39, 0.29) is 0 Å². The minimum Gasteiger partial charge on any atom is -0.338 e. The summed E-state index contributed by atoms with van der Waals surface area (Å²) in [7, 11) is 2.16. The molecule has 0 spiro atoms. The smallest absolute Gasteiger partial charge is 0.0890 e. The molecule has 0 bridgehead atoms. The summed E-state index contributed by atoms with van der Waals surface area (Å²) in [5.74, 6) is 0.760. The molecule has 0 radical (unpaired) electrons. The van der Waals surface area contributed by atoms with E-state index in [1.54, 1.807) is 5.56 Å². The molecule has 1 aliphatic rings. The van der Waals surface area contributed by atoms with E-state index in [1.165, 1.54) is 46.8 Å². The Morgan fingerprint density at radius 3 is 2.65 bits per heavy atom. The molecule has 0 atom stereocenters. The molecule has 1 fully saturated rings. The van der Waals surface area contributed by atoms with E-state index in [2.05, 4.69) is 52.7 Å². The van der Waals surface area contributed by atoms with E-state index in [4.69, 9.17) is 0 Å². The highest BCUT2D eigenvalue weighted by atomic mass is 79.9. The van der Waals surface area contributed by atoms with Crippen LogP contribution in [0, 0.1) is 6.92 Å².